The maximum absolute atomic E-state index is 10.3. The molecule has 0 aliphatic heterocycles. The van der Waals surface area contributed by atoms with Crippen molar-refractivity contribution in [1.82, 2.24) is 0 Å². The van der Waals surface area contributed by atoms with Gasteiger partial charge in [-0.25, -0.2) is 0 Å². The fraction of sp³-hybridized carbons (Fsp3) is 0.750. The second kappa shape index (κ2) is 7.93. The van der Waals surface area contributed by atoms with E-state index in [4.69, 9.17) is 10.2 Å². The Morgan fingerprint density at radius 1 is 1.15 bits per heavy atom. The molecular weight excluding hydrogens is 199 g/mol. The van der Waals surface area contributed by atoms with E-state index in [0.717, 1.165) is 12.8 Å². The molecule has 70 valence electrons. The Balaban J connectivity index is 3.31. The van der Waals surface area contributed by atoms with E-state index in [9.17, 15) is 9.59 Å². The van der Waals surface area contributed by atoms with Crippen LogP contribution in [0.4, 0.5) is 0 Å². The van der Waals surface area contributed by atoms with Crippen molar-refractivity contribution in [3.63, 3.8) is 0 Å². The number of carboxylic acid groups (broad SMARTS) is 2. The molecule has 1 atom stereocenters. The molecule has 2 N–H and O–H groups in total. The first-order chi connectivity index (χ1) is 6.02. The zero-order valence-corrected chi connectivity index (χ0v) is 10.9. The molecule has 0 heterocycles. The van der Waals surface area contributed by atoms with Crippen LogP contribution < -0.4 is 0 Å². The predicted octanol–water partition coefficient (Wildman–Crippen LogP) is 1.06. The van der Waals surface area contributed by atoms with E-state index in [-0.39, 0.29) is 12.8 Å². The Morgan fingerprint density at radius 3 is 2.23 bits per heavy atom. The van der Waals surface area contributed by atoms with Crippen molar-refractivity contribution in [2.75, 3.05) is 0 Å². The van der Waals surface area contributed by atoms with Gasteiger partial charge in [0.15, 0.2) is 0 Å². The topological polar surface area (TPSA) is 74.6 Å². The van der Waals surface area contributed by atoms with Crippen LogP contribution in [0.5, 0.6) is 0 Å². The van der Waals surface area contributed by atoms with Gasteiger partial charge >= 0.3 is 113 Å². The first-order valence-electron chi connectivity index (χ1n) is 4.46. The third-order valence-corrected chi connectivity index (χ3v) is 3.40. The fourth-order valence-corrected chi connectivity index (χ4v) is 2.35. The summed E-state index contributed by atoms with van der Waals surface area (Å²) in [4.78, 5) is 20.4. The third kappa shape index (κ3) is 10.5. The van der Waals surface area contributed by atoms with Crippen molar-refractivity contribution in [1.29, 1.82) is 0 Å². The SMILES string of the molecule is O=C(O)CCCC[CH]([K])CC(=O)O. The van der Waals surface area contributed by atoms with Crippen LogP contribution in [-0.4, -0.2) is 71.1 Å². The molecule has 0 bridgehead atoms. The molecule has 0 aliphatic carbocycles. The van der Waals surface area contributed by atoms with Gasteiger partial charge in [0, 0.05) is 0 Å². The van der Waals surface area contributed by atoms with Crippen molar-refractivity contribution < 1.29 is 19.8 Å². The van der Waals surface area contributed by atoms with Crippen LogP contribution >= 0.6 is 0 Å². The summed E-state index contributed by atoms with van der Waals surface area (Å²) >= 11 is 0.522. The summed E-state index contributed by atoms with van der Waals surface area (Å²) in [7, 11) is 0. The molecule has 1 unspecified atom stereocenters. The zero-order valence-electron chi connectivity index (χ0n) is 7.82. The maximum atomic E-state index is 10.3. The molecule has 0 aromatic heterocycles. The quantitative estimate of drug-likeness (QED) is 0.489. The van der Waals surface area contributed by atoms with Crippen molar-refractivity contribution in [2.24, 2.45) is 0 Å². The van der Waals surface area contributed by atoms with Gasteiger partial charge in [0.05, 0.1) is 0 Å². The van der Waals surface area contributed by atoms with Gasteiger partial charge in [0.2, 0.25) is 0 Å². The van der Waals surface area contributed by atoms with E-state index in [1.807, 2.05) is 0 Å². The molecule has 0 fully saturated rings. The number of hydrogen-bond donors (Lipinski definition) is 2. The third-order valence-electron chi connectivity index (χ3n) is 1.86. The van der Waals surface area contributed by atoms with Crippen molar-refractivity contribution in [3.8, 4) is 0 Å². The number of carboxylic acids is 2. The molecule has 0 radical (unpaired) electrons. The summed E-state index contributed by atoms with van der Waals surface area (Å²) < 4.78 is 0.332. The molecule has 0 aliphatic rings. The van der Waals surface area contributed by atoms with Gasteiger partial charge in [-0.2, -0.15) is 0 Å². The molecule has 0 spiro atoms. The molecule has 13 heavy (non-hydrogen) atoms. The zero-order chi connectivity index (χ0) is 10.3. The number of unbranched alkanes of at least 4 members (excludes halogenated alkanes) is 1. The Bertz CT molecular complexity index is 181. The molecule has 0 saturated carbocycles. The molecule has 0 rings (SSSR count). The summed E-state index contributed by atoms with van der Waals surface area (Å²) in [5.74, 6) is -1.51. The first kappa shape index (κ1) is 13.6. The average molecular weight is 212 g/mol. The molecule has 0 amide bonds. The Morgan fingerprint density at radius 2 is 1.77 bits per heavy atom. The summed E-state index contributed by atoms with van der Waals surface area (Å²) in [5.41, 5.74) is 0. The van der Waals surface area contributed by atoms with Gasteiger partial charge < -0.3 is 0 Å². The van der Waals surface area contributed by atoms with Crippen LogP contribution in [-0.2, 0) is 9.59 Å². The first-order valence-corrected chi connectivity index (χ1v) is 6.26. The van der Waals surface area contributed by atoms with Crippen LogP contribution in [0.3, 0.4) is 0 Å². The van der Waals surface area contributed by atoms with Crippen LogP contribution in [0, 0.1) is 0 Å². The predicted molar refractivity (Wildman–Crippen MR) is 47.9 cm³/mol. The fourth-order valence-electron chi connectivity index (χ4n) is 1.17. The van der Waals surface area contributed by atoms with Crippen LogP contribution in [0.1, 0.15) is 32.1 Å². The monoisotopic (exact) mass is 212 g/mol. The van der Waals surface area contributed by atoms with Crippen molar-refractivity contribution >= 4 is 60.9 Å². The summed E-state index contributed by atoms with van der Waals surface area (Å²) in [6.45, 7) is 0. The molecule has 4 nitrogen and oxygen atoms in total. The van der Waals surface area contributed by atoms with Gasteiger partial charge in [0.1, 0.15) is 0 Å². The van der Waals surface area contributed by atoms with E-state index < -0.39 is 11.9 Å². The van der Waals surface area contributed by atoms with Gasteiger partial charge in [0.25, 0.3) is 0 Å². The van der Waals surface area contributed by atoms with Gasteiger partial charge in [-0.05, 0) is 0 Å². The van der Waals surface area contributed by atoms with Gasteiger partial charge in [-0.1, -0.05) is 0 Å². The number of rotatable bonds is 7. The van der Waals surface area contributed by atoms with E-state index in [1.54, 1.807) is 0 Å². The molecule has 5 heteroatoms. The van der Waals surface area contributed by atoms with E-state index in [2.05, 4.69) is 0 Å². The van der Waals surface area contributed by atoms with Crippen LogP contribution in [0.2, 0.25) is 0.0125 Å². The Kier molecular flexibility index (Phi) is 8.28. The minimum absolute atomic E-state index is 0.201. The van der Waals surface area contributed by atoms with E-state index in [1.165, 1.54) is 0 Å². The summed E-state index contributed by atoms with van der Waals surface area (Å²) in [5, 5.41) is 16.8. The summed E-state index contributed by atoms with van der Waals surface area (Å²) in [6, 6.07) is 0. The Hall–Kier alpha value is 0.576. The standard InChI is InChI=1S/C8H13O4.K/c9-7(10)5-3-1-2-4-6-8(11)12;/h3H,1-2,4-6H2,(H,9,10)(H,11,12);. The van der Waals surface area contributed by atoms with Crippen LogP contribution in [0.15, 0.2) is 0 Å². The number of carbonyl (C=O) groups is 2. The molecule has 0 saturated heterocycles. The molecule has 0 aromatic rings. The van der Waals surface area contributed by atoms with Gasteiger partial charge in [-0.15, -0.1) is 0 Å². The van der Waals surface area contributed by atoms with Gasteiger partial charge in [-0.3, -0.25) is 0 Å². The van der Waals surface area contributed by atoms with Crippen molar-refractivity contribution in [3.05, 3.63) is 0 Å². The minimum atomic E-state index is -0.771. The number of hydrogen-bond acceptors (Lipinski definition) is 2. The average Bonchev–Trinajstić information content (AvgIpc) is 1.96. The Labute approximate surface area is 111 Å². The van der Waals surface area contributed by atoms with Crippen molar-refractivity contribution in [2.45, 2.75) is 32.1 Å². The normalized spacial score (nSPS) is 12.5. The van der Waals surface area contributed by atoms with Crippen LogP contribution in [0.25, 0.3) is 0 Å². The molecule has 0 aromatic carbocycles. The summed E-state index contributed by atoms with van der Waals surface area (Å²) in [6.07, 6.45) is 2.84. The number of aliphatic carboxylic acids is 2. The van der Waals surface area contributed by atoms with E-state index >= 15 is 0 Å². The van der Waals surface area contributed by atoms with E-state index in [0.29, 0.717) is 55.4 Å². The second-order valence-electron chi connectivity index (χ2n) is 3.34. The second-order valence-corrected chi connectivity index (χ2v) is 5.89. The molecular formula is C8H13KO4.